The summed E-state index contributed by atoms with van der Waals surface area (Å²) in [6.45, 7) is 5.82. The molecule has 0 amide bonds. The van der Waals surface area contributed by atoms with E-state index in [-0.39, 0.29) is 5.56 Å². The second-order valence-corrected chi connectivity index (χ2v) is 4.54. The van der Waals surface area contributed by atoms with E-state index < -0.39 is 17.7 Å². The molecule has 1 N–H and O–H groups in total. The van der Waals surface area contributed by atoms with Crippen LogP contribution in [0.5, 0.6) is 0 Å². The first-order valence-electron chi connectivity index (χ1n) is 6.09. The Morgan fingerprint density at radius 1 is 1.26 bits per heavy atom. The lowest BCUT2D eigenvalue weighted by Crippen LogP contribution is -2.21. The number of benzene rings is 1. The Hall–Kier alpha value is -1.75. The fraction of sp³-hybridized carbons (Fsp3) is 0.357. The molecule has 0 bridgehead atoms. The molecule has 0 saturated carbocycles. The van der Waals surface area contributed by atoms with Crippen LogP contribution in [0.2, 0.25) is 0 Å². The Kier molecular flexibility index (Phi) is 3.95. The van der Waals surface area contributed by atoms with Crippen molar-refractivity contribution < 1.29 is 13.3 Å². The second kappa shape index (κ2) is 5.48. The molecular formula is C14H16F2N2O. The number of nitrogens with one attached hydrogen (secondary N) is 1. The number of hydrogen-bond donors (Lipinski definition) is 1. The van der Waals surface area contributed by atoms with Crippen LogP contribution in [0.1, 0.15) is 35.5 Å². The summed E-state index contributed by atoms with van der Waals surface area (Å²) >= 11 is 0. The molecule has 3 nitrogen and oxygen atoms in total. The molecule has 0 saturated heterocycles. The van der Waals surface area contributed by atoms with E-state index in [1.807, 2.05) is 13.8 Å². The molecule has 0 fully saturated rings. The fourth-order valence-electron chi connectivity index (χ4n) is 2.04. The standard InChI is InChI=1S/C14H16F2N2O/c1-8-11(10(3)19-18-8)7-17-9(2)14-12(15)5-4-6-13(14)16/h4-6,9,17H,7H2,1-3H3. The molecule has 0 aliphatic carbocycles. The lowest BCUT2D eigenvalue weighted by atomic mass is 10.1. The Labute approximate surface area is 110 Å². The summed E-state index contributed by atoms with van der Waals surface area (Å²) in [7, 11) is 0. The number of nitrogens with zero attached hydrogens (tertiary/aromatic N) is 1. The van der Waals surface area contributed by atoms with Crippen molar-refractivity contribution in [3.63, 3.8) is 0 Å². The van der Waals surface area contributed by atoms with Crippen LogP contribution in [-0.2, 0) is 6.54 Å². The number of aromatic nitrogens is 1. The molecule has 102 valence electrons. The minimum absolute atomic E-state index is 0.0502. The third kappa shape index (κ3) is 2.81. The summed E-state index contributed by atoms with van der Waals surface area (Å²) in [5.74, 6) is -0.372. The molecule has 0 radical (unpaired) electrons. The van der Waals surface area contributed by atoms with E-state index in [1.54, 1.807) is 6.92 Å². The number of hydrogen-bond acceptors (Lipinski definition) is 3. The van der Waals surface area contributed by atoms with Gasteiger partial charge in [-0.3, -0.25) is 0 Å². The first kappa shape index (κ1) is 13.7. The lowest BCUT2D eigenvalue weighted by molar-refractivity contribution is 0.391. The van der Waals surface area contributed by atoms with Gasteiger partial charge in [-0.25, -0.2) is 8.78 Å². The minimum Gasteiger partial charge on any atom is -0.361 e. The minimum atomic E-state index is -0.543. The summed E-state index contributed by atoms with van der Waals surface area (Å²) in [6, 6.07) is 3.43. The molecule has 2 rings (SSSR count). The normalized spacial score (nSPS) is 12.7. The van der Waals surface area contributed by atoms with Crippen molar-refractivity contribution in [1.82, 2.24) is 10.5 Å². The van der Waals surface area contributed by atoms with Crippen molar-refractivity contribution in [2.75, 3.05) is 0 Å². The Morgan fingerprint density at radius 3 is 2.42 bits per heavy atom. The number of aryl methyl sites for hydroxylation is 2. The molecule has 1 atom stereocenters. The molecule has 5 heteroatoms. The van der Waals surface area contributed by atoms with Gasteiger partial charge in [0.1, 0.15) is 17.4 Å². The molecular weight excluding hydrogens is 250 g/mol. The van der Waals surface area contributed by atoms with Crippen LogP contribution in [0.4, 0.5) is 8.78 Å². The SMILES string of the molecule is Cc1noc(C)c1CNC(C)c1c(F)cccc1F. The van der Waals surface area contributed by atoms with Gasteiger partial charge >= 0.3 is 0 Å². The molecule has 0 spiro atoms. The van der Waals surface area contributed by atoms with Gasteiger partial charge in [-0.1, -0.05) is 11.2 Å². The second-order valence-electron chi connectivity index (χ2n) is 4.54. The molecule has 2 aromatic rings. The summed E-state index contributed by atoms with van der Waals surface area (Å²) in [5.41, 5.74) is 1.75. The molecule has 1 heterocycles. The predicted octanol–water partition coefficient (Wildman–Crippen LogP) is 3.42. The third-order valence-electron chi connectivity index (χ3n) is 3.20. The van der Waals surface area contributed by atoms with Crippen LogP contribution in [0.15, 0.2) is 22.7 Å². The van der Waals surface area contributed by atoms with Crippen LogP contribution < -0.4 is 5.32 Å². The highest BCUT2D eigenvalue weighted by atomic mass is 19.1. The lowest BCUT2D eigenvalue weighted by Gasteiger charge is -2.15. The van der Waals surface area contributed by atoms with Crippen molar-refractivity contribution >= 4 is 0 Å². The van der Waals surface area contributed by atoms with Gasteiger partial charge in [-0.2, -0.15) is 0 Å². The quantitative estimate of drug-likeness (QED) is 0.921. The fourth-order valence-corrected chi connectivity index (χ4v) is 2.04. The highest BCUT2D eigenvalue weighted by molar-refractivity contribution is 5.24. The van der Waals surface area contributed by atoms with Crippen molar-refractivity contribution in [3.8, 4) is 0 Å². The Bertz CT molecular complexity index is 541. The van der Waals surface area contributed by atoms with Gasteiger partial charge in [0.2, 0.25) is 0 Å². The maximum atomic E-state index is 13.6. The summed E-state index contributed by atoms with van der Waals surface area (Å²) in [5, 5.41) is 6.92. The zero-order valence-electron chi connectivity index (χ0n) is 11.1. The molecule has 1 aromatic carbocycles. The monoisotopic (exact) mass is 266 g/mol. The summed E-state index contributed by atoms with van der Waals surface area (Å²) in [4.78, 5) is 0. The maximum absolute atomic E-state index is 13.6. The van der Waals surface area contributed by atoms with Crippen LogP contribution in [-0.4, -0.2) is 5.16 Å². The first-order valence-corrected chi connectivity index (χ1v) is 6.09. The average molecular weight is 266 g/mol. The molecule has 1 aromatic heterocycles. The van der Waals surface area contributed by atoms with Gasteiger partial charge in [-0.15, -0.1) is 0 Å². The molecule has 0 aliphatic rings. The predicted molar refractivity (Wildman–Crippen MR) is 67.6 cm³/mol. The molecule has 0 aliphatic heterocycles. The van der Waals surface area contributed by atoms with Crippen molar-refractivity contribution in [1.29, 1.82) is 0 Å². The van der Waals surface area contributed by atoms with Gasteiger partial charge in [0.15, 0.2) is 0 Å². The van der Waals surface area contributed by atoms with Crippen molar-refractivity contribution in [3.05, 3.63) is 52.4 Å². The highest BCUT2D eigenvalue weighted by Gasteiger charge is 2.17. The topological polar surface area (TPSA) is 38.1 Å². The Morgan fingerprint density at radius 2 is 1.89 bits per heavy atom. The number of rotatable bonds is 4. The van der Waals surface area contributed by atoms with Gasteiger partial charge < -0.3 is 9.84 Å². The van der Waals surface area contributed by atoms with E-state index in [9.17, 15) is 8.78 Å². The van der Waals surface area contributed by atoms with Crippen LogP contribution in [0.25, 0.3) is 0 Å². The van der Waals surface area contributed by atoms with Gasteiger partial charge in [0.25, 0.3) is 0 Å². The van der Waals surface area contributed by atoms with Crippen LogP contribution in [0.3, 0.4) is 0 Å². The van der Waals surface area contributed by atoms with E-state index in [2.05, 4.69) is 10.5 Å². The van der Waals surface area contributed by atoms with Gasteiger partial charge in [-0.05, 0) is 32.9 Å². The van der Waals surface area contributed by atoms with E-state index in [1.165, 1.54) is 18.2 Å². The highest BCUT2D eigenvalue weighted by Crippen LogP contribution is 2.21. The maximum Gasteiger partial charge on any atom is 0.138 e. The summed E-state index contributed by atoms with van der Waals surface area (Å²) < 4.78 is 32.3. The van der Waals surface area contributed by atoms with E-state index in [4.69, 9.17) is 4.52 Å². The molecule has 1 unspecified atom stereocenters. The van der Waals surface area contributed by atoms with Crippen LogP contribution in [0, 0.1) is 25.5 Å². The van der Waals surface area contributed by atoms with Gasteiger partial charge in [0, 0.05) is 23.7 Å². The van der Waals surface area contributed by atoms with E-state index >= 15 is 0 Å². The Balaban J connectivity index is 2.12. The van der Waals surface area contributed by atoms with Crippen molar-refractivity contribution in [2.24, 2.45) is 0 Å². The average Bonchev–Trinajstić information content (AvgIpc) is 2.66. The zero-order chi connectivity index (χ0) is 14.0. The first-order chi connectivity index (χ1) is 9.00. The van der Waals surface area contributed by atoms with Crippen molar-refractivity contribution in [2.45, 2.75) is 33.4 Å². The third-order valence-corrected chi connectivity index (χ3v) is 3.20. The largest absolute Gasteiger partial charge is 0.361 e. The van der Waals surface area contributed by atoms with E-state index in [0.717, 1.165) is 11.3 Å². The van der Waals surface area contributed by atoms with Crippen LogP contribution >= 0.6 is 0 Å². The molecule has 19 heavy (non-hydrogen) atoms. The summed E-state index contributed by atoms with van der Waals surface area (Å²) in [6.07, 6.45) is 0. The number of halogens is 2. The van der Waals surface area contributed by atoms with Gasteiger partial charge in [0.05, 0.1) is 5.69 Å². The van der Waals surface area contributed by atoms with E-state index in [0.29, 0.717) is 12.3 Å². The zero-order valence-corrected chi connectivity index (χ0v) is 11.1. The smallest absolute Gasteiger partial charge is 0.138 e.